The van der Waals surface area contributed by atoms with E-state index in [1.54, 1.807) is 21.3 Å². The molecule has 160 valence electrons. The fraction of sp³-hybridized carbons (Fsp3) is 0.640. The Kier molecular flexibility index (Phi) is 6.03. The van der Waals surface area contributed by atoms with Crippen LogP contribution in [0, 0.1) is 28.6 Å². The third kappa shape index (κ3) is 3.78. The minimum absolute atomic E-state index is 0.0420. The summed E-state index contributed by atoms with van der Waals surface area (Å²) in [6, 6.07) is 5.50. The van der Waals surface area contributed by atoms with Crippen molar-refractivity contribution in [3.63, 3.8) is 0 Å². The van der Waals surface area contributed by atoms with Crippen LogP contribution in [0.2, 0.25) is 0 Å². The number of carbonyl (C=O) groups excluding carboxylic acids is 1. The maximum atomic E-state index is 14.0. The summed E-state index contributed by atoms with van der Waals surface area (Å²) in [7, 11) is 4.93. The molecule has 0 aromatic heterocycles. The number of methoxy groups -OCH3 is 3. The first kappa shape index (κ1) is 21.7. The average molecular weight is 401 g/mol. The van der Waals surface area contributed by atoms with Gasteiger partial charge in [0.25, 0.3) is 0 Å². The monoisotopic (exact) mass is 400 g/mol. The molecule has 0 amide bonds. The first-order valence-corrected chi connectivity index (χ1v) is 10.7. The fourth-order valence-corrected chi connectivity index (χ4v) is 6.22. The van der Waals surface area contributed by atoms with Gasteiger partial charge in [-0.1, -0.05) is 34.1 Å². The van der Waals surface area contributed by atoms with Crippen LogP contribution >= 0.6 is 0 Å². The minimum atomic E-state index is -0.0981. The van der Waals surface area contributed by atoms with Crippen molar-refractivity contribution < 1.29 is 19.0 Å². The van der Waals surface area contributed by atoms with Crippen LogP contribution in [0.15, 0.2) is 30.0 Å². The number of Topliss-reactive ketones (excluding diaryl/α,β-unsaturated/α-hetero) is 1. The van der Waals surface area contributed by atoms with E-state index < -0.39 is 0 Å². The van der Waals surface area contributed by atoms with Crippen molar-refractivity contribution in [1.82, 2.24) is 0 Å². The Labute approximate surface area is 175 Å². The quantitative estimate of drug-likeness (QED) is 0.455. The van der Waals surface area contributed by atoms with Gasteiger partial charge in [0.2, 0.25) is 0 Å². The lowest BCUT2D eigenvalue weighted by Gasteiger charge is -2.59. The predicted octanol–water partition coefficient (Wildman–Crippen LogP) is 5.91. The van der Waals surface area contributed by atoms with E-state index in [4.69, 9.17) is 14.2 Å². The highest BCUT2D eigenvalue weighted by atomic mass is 16.5. The molecule has 0 unspecified atom stereocenters. The van der Waals surface area contributed by atoms with Gasteiger partial charge in [-0.05, 0) is 59.6 Å². The smallest absolute Gasteiger partial charge is 0.167 e. The number of ether oxygens (including phenoxy) is 3. The fourth-order valence-electron chi connectivity index (χ4n) is 6.22. The molecule has 2 aliphatic carbocycles. The first-order valence-electron chi connectivity index (χ1n) is 10.7. The van der Waals surface area contributed by atoms with Gasteiger partial charge in [0, 0.05) is 17.5 Å². The molecular weight excluding hydrogens is 364 g/mol. The molecule has 3 rings (SSSR count). The zero-order valence-corrected chi connectivity index (χ0v) is 19.0. The van der Waals surface area contributed by atoms with Crippen LogP contribution < -0.4 is 9.47 Å². The third-order valence-electron chi connectivity index (χ3n) is 7.70. The van der Waals surface area contributed by atoms with E-state index in [0.717, 1.165) is 12.8 Å². The highest BCUT2D eigenvalue weighted by molar-refractivity contribution is 5.99. The SMILES string of the molecule is CO/C=C1/C[C@H]2C(C)(C)CCC[C@]2(C)[C@@H](C(=O)c2cc(OC)cc(OC)c2)[C@@H]1C. The Hall–Kier alpha value is -1.97. The number of carbonyl (C=O) groups is 1. The number of hydrogen-bond donors (Lipinski definition) is 0. The van der Waals surface area contributed by atoms with Gasteiger partial charge in [0.1, 0.15) is 11.5 Å². The van der Waals surface area contributed by atoms with Crippen LogP contribution in [-0.2, 0) is 4.74 Å². The number of ketones is 1. The molecule has 29 heavy (non-hydrogen) atoms. The molecule has 2 saturated carbocycles. The van der Waals surface area contributed by atoms with Crippen molar-refractivity contribution >= 4 is 5.78 Å². The van der Waals surface area contributed by atoms with Crippen LogP contribution in [0.25, 0.3) is 0 Å². The van der Waals surface area contributed by atoms with Crippen LogP contribution in [0.3, 0.4) is 0 Å². The molecule has 4 nitrogen and oxygen atoms in total. The van der Waals surface area contributed by atoms with Crippen molar-refractivity contribution in [2.45, 2.75) is 53.4 Å². The lowest BCUT2D eigenvalue weighted by molar-refractivity contribution is -0.0624. The molecular formula is C25H36O4. The molecule has 1 aromatic carbocycles. The summed E-state index contributed by atoms with van der Waals surface area (Å²) in [5.74, 6) is 1.96. The number of allylic oxidation sites excluding steroid dienone is 1. The molecule has 0 spiro atoms. The number of fused-ring (bicyclic) bond motifs is 1. The molecule has 4 atom stereocenters. The van der Waals surface area contributed by atoms with E-state index in [1.165, 1.54) is 18.4 Å². The van der Waals surface area contributed by atoms with Gasteiger partial charge in [0.15, 0.2) is 5.78 Å². The highest BCUT2D eigenvalue weighted by Gasteiger charge is 2.57. The Balaban J connectivity index is 2.11. The summed E-state index contributed by atoms with van der Waals surface area (Å²) in [6.07, 6.45) is 6.34. The second-order valence-corrected chi connectivity index (χ2v) is 9.77. The van der Waals surface area contributed by atoms with E-state index in [1.807, 2.05) is 24.5 Å². The predicted molar refractivity (Wildman–Crippen MR) is 115 cm³/mol. The lowest BCUT2D eigenvalue weighted by atomic mass is 9.45. The zero-order chi connectivity index (χ0) is 21.4. The number of hydrogen-bond acceptors (Lipinski definition) is 4. The average Bonchev–Trinajstić information content (AvgIpc) is 2.68. The topological polar surface area (TPSA) is 44.8 Å². The van der Waals surface area contributed by atoms with Gasteiger partial charge in [-0.3, -0.25) is 4.79 Å². The molecule has 2 aliphatic rings. The molecule has 1 aromatic rings. The van der Waals surface area contributed by atoms with Crippen molar-refractivity contribution in [3.05, 3.63) is 35.6 Å². The van der Waals surface area contributed by atoms with Crippen LogP contribution in [-0.4, -0.2) is 27.1 Å². The van der Waals surface area contributed by atoms with Gasteiger partial charge >= 0.3 is 0 Å². The van der Waals surface area contributed by atoms with Gasteiger partial charge < -0.3 is 14.2 Å². The summed E-state index contributed by atoms with van der Waals surface area (Å²) < 4.78 is 16.3. The second-order valence-electron chi connectivity index (χ2n) is 9.77. The maximum Gasteiger partial charge on any atom is 0.167 e. The van der Waals surface area contributed by atoms with E-state index in [-0.39, 0.29) is 28.4 Å². The second kappa shape index (κ2) is 8.04. The van der Waals surface area contributed by atoms with Crippen molar-refractivity contribution in [2.24, 2.45) is 28.6 Å². The molecule has 0 aliphatic heterocycles. The molecule has 0 N–H and O–H groups in total. The van der Waals surface area contributed by atoms with Crippen molar-refractivity contribution in [2.75, 3.05) is 21.3 Å². The third-order valence-corrected chi connectivity index (χ3v) is 7.70. The summed E-state index contributed by atoms with van der Waals surface area (Å²) in [4.78, 5) is 14.0. The maximum absolute atomic E-state index is 14.0. The van der Waals surface area contributed by atoms with E-state index in [2.05, 4.69) is 27.7 Å². The van der Waals surface area contributed by atoms with Gasteiger partial charge in [-0.25, -0.2) is 0 Å². The van der Waals surface area contributed by atoms with Crippen molar-refractivity contribution in [3.8, 4) is 11.5 Å². The Morgan fingerprint density at radius 3 is 2.21 bits per heavy atom. The van der Waals surface area contributed by atoms with Gasteiger partial charge in [0.05, 0.1) is 27.6 Å². The Morgan fingerprint density at radius 2 is 1.66 bits per heavy atom. The molecule has 0 radical (unpaired) electrons. The van der Waals surface area contributed by atoms with E-state index >= 15 is 0 Å². The van der Waals surface area contributed by atoms with Gasteiger partial charge in [-0.15, -0.1) is 0 Å². The summed E-state index contributed by atoms with van der Waals surface area (Å²) in [6.45, 7) is 9.27. The molecule has 4 heteroatoms. The normalized spacial score (nSPS) is 32.4. The Bertz CT molecular complexity index is 772. The standard InChI is InChI=1S/C25H36O4/c1-16-18(15-27-5)13-21-24(2,3)9-8-10-25(21,4)22(16)23(26)17-11-19(28-6)14-20(12-17)29-7/h11-12,14-16,21-22H,8-10,13H2,1-7H3/b18-15-/t16-,21+,22-,25+/m1/s1. The van der Waals surface area contributed by atoms with Crippen LogP contribution in [0.4, 0.5) is 0 Å². The van der Waals surface area contributed by atoms with Crippen LogP contribution in [0.1, 0.15) is 63.7 Å². The van der Waals surface area contributed by atoms with Crippen molar-refractivity contribution in [1.29, 1.82) is 0 Å². The van der Waals surface area contributed by atoms with Gasteiger partial charge in [-0.2, -0.15) is 0 Å². The van der Waals surface area contributed by atoms with E-state index in [9.17, 15) is 4.79 Å². The number of benzene rings is 1. The lowest BCUT2D eigenvalue weighted by Crippen LogP contribution is -2.54. The Morgan fingerprint density at radius 1 is 1.03 bits per heavy atom. The number of rotatable bonds is 5. The molecule has 0 saturated heterocycles. The summed E-state index contributed by atoms with van der Waals surface area (Å²) >= 11 is 0. The molecule has 0 heterocycles. The molecule has 0 bridgehead atoms. The van der Waals surface area contributed by atoms with E-state index in [0.29, 0.717) is 23.0 Å². The van der Waals surface area contributed by atoms with Crippen LogP contribution in [0.5, 0.6) is 11.5 Å². The highest BCUT2D eigenvalue weighted by Crippen LogP contribution is 2.62. The zero-order valence-electron chi connectivity index (χ0n) is 19.0. The largest absolute Gasteiger partial charge is 0.504 e. The minimum Gasteiger partial charge on any atom is -0.504 e. The summed E-state index contributed by atoms with van der Waals surface area (Å²) in [5.41, 5.74) is 2.07. The first-order chi connectivity index (χ1) is 13.7. The summed E-state index contributed by atoms with van der Waals surface area (Å²) in [5, 5.41) is 0. The molecule has 2 fully saturated rings.